The van der Waals surface area contributed by atoms with Gasteiger partial charge >= 0.3 is 0 Å². The van der Waals surface area contributed by atoms with Crippen LogP contribution in [0.15, 0.2) is 48.5 Å². The zero-order valence-electron chi connectivity index (χ0n) is 11.7. The van der Waals surface area contributed by atoms with Crippen LogP contribution >= 0.6 is 0 Å². The van der Waals surface area contributed by atoms with E-state index in [0.717, 1.165) is 17.7 Å². The molecular weight excluding hydrogens is 246 g/mol. The summed E-state index contributed by atoms with van der Waals surface area (Å²) in [6.07, 6.45) is 4.83. The first-order chi connectivity index (χ1) is 9.88. The Bertz CT molecular complexity index is 579. The minimum absolute atomic E-state index is 0.0809. The van der Waals surface area contributed by atoms with E-state index in [0.29, 0.717) is 6.04 Å². The Balaban J connectivity index is 1.90. The Hall–Kier alpha value is -1.80. The summed E-state index contributed by atoms with van der Waals surface area (Å²) in [5, 5.41) is 13.1. The normalized spacial score (nSPS) is 18.1. The van der Waals surface area contributed by atoms with Gasteiger partial charge in [-0.05, 0) is 36.5 Å². The first-order valence-electron chi connectivity index (χ1n) is 7.41. The van der Waals surface area contributed by atoms with Crippen LogP contribution in [0.5, 0.6) is 0 Å². The molecule has 104 valence electrons. The summed E-state index contributed by atoms with van der Waals surface area (Å²) >= 11 is 0. The molecule has 0 aliphatic heterocycles. The van der Waals surface area contributed by atoms with Crippen molar-refractivity contribution in [1.29, 1.82) is 0 Å². The van der Waals surface area contributed by atoms with E-state index in [4.69, 9.17) is 0 Å². The van der Waals surface area contributed by atoms with Crippen LogP contribution < -0.4 is 5.32 Å². The molecule has 1 aliphatic carbocycles. The fourth-order valence-electron chi connectivity index (χ4n) is 3.06. The topological polar surface area (TPSA) is 32.3 Å². The molecular formula is C18H21NO. The molecule has 0 saturated heterocycles. The number of aliphatic hydroxyl groups excluding tert-OH is 1. The molecule has 0 spiro atoms. The number of hydrogen-bond donors (Lipinski definition) is 2. The smallest absolute Gasteiger partial charge is 0.0701 e. The zero-order chi connectivity index (χ0) is 13.8. The van der Waals surface area contributed by atoms with Crippen LogP contribution in [0, 0.1) is 0 Å². The van der Waals surface area contributed by atoms with Gasteiger partial charge in [0.25, 0.3) is 0 Å². The Kier molecular flexibility index (Phi) is 4.03. The monoisotopic (exact) mass is 267 g/mol. The van der Waals surface area contributed by atoms with Gasteiger partial charge < -0.3 is 10.4 Å². The molecule has 3 rings (SSSR count). The molecule has 0 fully saturated rings. The number of aliphatic hydroxyl groups is 1. The lowest BCUT2D eigenvalue weighted by Crippen LogP contribution is -2.12. The number of para-hydroxylation sites is 1. The van der Waals surface area contributed by atoms with Gasteiger partial charge in [0.1, 0.15) is 0 Å². The second-order valence-electron chi connectivity index (χ2n) is 5.46. The minimum atomic E-state index is 0.0809. The van der Waals surface area contributed by atoms with E-state index in [1.54, 1.807) is 0 Å². The number of aryl methyl sites for hydroxylation is 1. The van der Waals surface area contributed by atoms with E-state index in [-0.39, 0.29) is 6.61 Å². The highest BCUT2D eigenvalue weighted by Crippen LogP contribution is 2.32. The second kappa shape index (κ2) is 6.10. The number of fused-ring (bicyclic) bond motifs is 1. The van der Waals surface area contributed by atoms with Gasteiger partial charge in [-0.15, -0.1) is 0 Å². The van der Waals surface area contributed by atoms with Crippen molar-refractivity contribution in [3.8, 4) is 0 Å². The van der Waals surface area contributed by atoms with E-state index < -0.39 is 0 Å². The first-order valence-corrected chi connectivity index (χ1v) is 7.41. The van der Waals surface area contributed by atoms with Gasteiger partial charge in [0, 0.05) is 11.3 Å². The van der Waals surface area contributed by atoms with Crippen LogP contribution in [0.1, 0.15) is 42.0 Å². The average Bonchev–Trinajstić information content (AvgIpc) is 2.71. The van der Waals surface area contributed by atoms with Crippen LogP contribution in [-0.2, 0) is 13.0 Å². The van der Waals surface area contributed by atoms with E-state index >= 15 is 0 Å². The van der Waals surface area contributed by atoms with Gasteiger partial charge in [-0.25, -0.2) is 0 Å². The Morgan fingerprint density at radius 1 is 1.00 bits per heavy atom. The van der Waals surface area contributed by atoms with Crippen molar-refractivity contribution in [2.75, 3.05) is 5.32 Å². The van der Waals surface area contributed by atoms with Crippen molar-refractivity contribution in [2.45, 2.75) is 38.3 Å². The number of nitrogens with one attached hydrogen (secondary N) is 1. The van der Waals surface area contributed by atoms with Crippen molar-refractivity contribution >= 4 is 5.69 Å². The summed E-state index contributed by atoms with van der Waals surface area (Å²) in [6.45, 7) is 0.0809. The Labute approximate surface area is 120 Å². The molecule has 2 heteroatoms. The van der Waals surface area contributed by atoms with Crippen LogP contribution in [0.3, 0.4) is 0 Å². The maximum atomic E-state index is 9.46. The lowest BCUT2D eigenvalue weighted by molar-refractivity contribution is 0.282. The van der Waals surface area contributed by atoms with Crippen LogP contribution in [0.2, 0.25) is 0 Å². The van der Waals surface area contributed by atoms with Crippen molar-refractivity contribution in [2.24, 2.45) is 0 Å². The molecule has 0 bridgehead atoms. The molecule has 20 heavy (non-hydrogen) atoms. The van der Waals surface area contributed by atoms with Gasteiger partial charge in [0.2, 0.25) is 0 Å². The van der Waals surface area contributed by atoms with Gasteiger partial charge in [0.15, 0.2) is 0 Å². The molecule has 0 radical (unpaired) electrons. The molecule has 1 aliphatic rings. The van der Waals surface area contributed by atoms with Crippen LogP contribution in [-0.4, -0.2) is 5.11 Å². The molecule has 0 amide bonds. The SMILES string of the molecule is OCc1ccccc1NC1CCCCc2ccccc21. The number of anilines is 1. The molecule has 0 heterocycles. The molecule has 1 unspecified atom stereocenters. The summed E-state index contributed by atoms with van der Waals surface area (Å²) in [6, 6.07) is 17.1. The van der Waals surface area contributed by atoms with Crippen molar-refractivity contribution in [1.82, 2.24) is 0 Å². The van der Waals surface area contributed by atoms with Crippen molar-refractivity contribution in [3.63, 3.8) is 0 Å². The van der Waals surface area contributed by atoms with Gasteiger partial charge in [-0.1, -0.05) is 48.9 Å². The highest BCUT2D eigenvalue weighted by molar-refractivity contribution is 5.53. The summed E-state index contributed by atoms with van der Waals surface area (Å²) in [7, 11) is 0. The Morgan fingerprint density at radius 2 is 1.80 bits per heavy atom. The third-order valence-corrected chi connectivity index (χ3v) is 4.14. The lowest BCUT2D eigenvalue weighted by Gasteiger charge is -2.22. The molecule has 2 nitrogen and oxygen atoms in total. The fourth-order valence-corrected chi connectivity index (χ4v) is 3.06. The standard InChI is InChI=1S/C18H21NO/c20-13-15-9-3-5-11-17(15)19-18-12-6-2-8-14-7-1-4-10-16(14)18/h1,3-5,7,9-11,18-20H,2,6,8,12-13H2. The predicted octanol–water partition coefficient (Wildman–Crippen LogP) is 4.06. The van der Waals surface area contributed by atoms with Gasteiger partial charge in [-0.2, -0.15) is 0 Å². The van der Waals surface area contributed by atoms with Crippen LogP contribution in [0.4, 0.5) is 5.69 Å². The molecule has 2 aromatic carbocycles. The minimum Gasteiger partial charge on any atom is -0.392 e. The maximum Gasteiger partial charge on any atom is 0.0701 e. The number of rotatable bonds is 3. The molecule has 2 aromatic rings. The molecule has 2 N–H and O–H groups in total. The van der Waals surface area contributed by atoms with E-state index in [1.807, 2.05) is 18.2 Å². The predicted molar refractivity (Wildman–Crippen MR) is 82.7 cm³/mol. The Morgan fingerprint density at radius 3 is 2.70 bits per heavy atom. The molecule has 0 aromatic heterocycles. The summed E-state index contributed by atoms with van der Waals surface area (Å²) in [4.78, 5) is 0. The average molecular weight is 267 g/mol. The first kappa shape index (κ1) is 13.2. The third-order valence-electron chi connectivity index (χ3n) is 4.14. The largest absolute Gasteiger partial charge is 0.392 e. The zero-order valence-corrected chi connectivity index (χ0v) is 11.7. The van der Waals surface area contributed by atoms with E-state index in [2.05, 4.69) is 35.6 Å². The van der Waals surface area contributed by atoms with E-state index in [9.17, 15) is 5.11 Å². The van der Waals surface area contributed by atoms with Crippen molar-refractivity contribution in [3.05, 3.63) is 65.2 Å². The number of benzene rings is 2. The lowest BCUT2D eigenvalue weighted by atomic mass is 9.98. The van der Waals surface area contributed by atoms with Crippen molar-refractivity contribution < 1.29 is 5.11 Å². The second-order valence-corrected chi connectivity index (χ2v) is 5.46. The number of hydrogen-bond acceptors (Lipinski definition) is 2. The summed E-state index contributed by atoms with van der Waals surface area (Å²) in [5.41, 5.74) is 4.90. The molecule has 0 saturated carbocycles. The third kappa shape index (κ3) is 2.70. The maximum absolute atomic E-state index is 9.46. The van der Waals surface area contributed by atoms with Crippen LogP contribution in [0.25, 0.3) is 0 Å². The highest BCUT2D eigenvalue weighted by Gasteiger charge is 2.18. The summed E-state index contributed by atoms with van der Waals surface area (Å²) < 4.78 is 0. The highest BCUT2D eigenvalue weighted by atomic mass is 16.3. The molecule has 1 atom stereocenters. The quantitative estimate of drug-likeness (QED) is 0.822. The van der Waals surface area contributed by atoms with Gasteiger partial charge in [0.05, 0.1) is 12.6 Å². The van der Waals surface area contributed by atoms with E-state index in [1.165, 1.54) is 30.4 Å². The fraction of sp³-hybridized carbons (Fsp3) is 0.333. The summed E-state index contributed by atoms with van der Waals surface area (Å²) in [5.74, 6) is 0. The van der Waals surface area contributed by atoms with Gasteiger partial charge in [-0.3, -0.25) is 0 Å².